The molecule has 7 nitrogen and oxygen atoms in total. The van der Waals surface area contributed by atoms with Gasteiger partial charge >= 0.3 is 0 Å². The van der Waals surface area contributed by atoms with Crippen LogP contribution in [-0.2, 0) is 6.54 Å². The Balaban J connectivity index is 1.66. The van der Waals surface area contributed by atoms with Gasteiger partial charge in [0, 0.05) is 25.8 Å². The highest BCUT2D eigenvalue weighted by atomic mass is 16.2. The Morgan fingerprint density at radius 2 is 1.87 bits per heavy atom. The fourth-order valence-corrected chi connectivity index (χ4v) is 2.79. The Labute approximate surface area is 135 Å². The molecule has 0 unspecified atom stereocenters. The third kappa shape index (κ3) is 3.67. The second-order valence-corrected chi connectivity index (χ2v) is 5.66. The largest absolute Gasteiger partial charge is 0.341 e. The summed E-state index contributed by atoms with van der Waals surface area (Å²) in [6.45, 7) is 4.60. The van der Waals surface area contributed by atoms with Gasteiger partial charge in [-0.2, -0.15) is 5.10 Å². The molecular formula is C16H22N6O. The molecule has 0 atom stereocenters. The van der Waals surface area contributed by atoms with Crippen LogP contribution in [0.4, 0.5) is 11.6 Å². The van der Waals surface area contributed by atoms with Crippen LogP contribution >= 0.6 is 0 Å². The van der Waals surface area contributed by atoms with E-state index in [-0.39, 0.29) is 5.91 Å². The molecular weight excluding hydrogens is 292 g/mol. The number of aryl methyl sites for hydroxylation is 1. The Hall–Kier alpha value is -2.44. The van der Waals surface area contributed by atoms with E-state index in [4.69, 9.17) is 0 Å². The van der Waals surface area contributed by atoms with Crippen molar-refractivity contribution in [3.63, 3.8) is 0 Å². The van der Waals surface area contributed by atoms with Gasteiger partial charge in [0.1, 0.15) is 5.69 Å². The molecule has 0 aliphatic carbocycles. The first-order valence-corrected chi connectivity index (χ1v) is 8.18. The van der Waals surface area contributed by atoms with E-state index in [1.807, 2.05) is 6.92 Å². The lowest BCUT2D eigenvalue weighted by atomic mass is 10.2. The molecule has 1 fully saturated rings. The highest BCUT2D eigenvalue weighted by molar-refractivity contribution is 6.02. The van der Waals surface area contributed by atoms with Crippen molar-refractivity contribution in [2.45, 2.75) is 39.2 Å². The summed E-state index contributed by atoms with van der Waals surface area (Å²) < 4.78 is 1.65. The van der Waals surface area contributed by atoms with E-state index < -0.39 is 0 Å². The van der Waals surface area contributed by atoms with E-state index in [9.17, 15) is 4.79 Å². The number of anilines is 2. The van der Waals surface area contributed by atoms with Crippen LogP contribution in [0.25, 0.3) is 0 Å². The van der Waals surface area contributed by atoms with Crippen molar-refractivity contribution in [3.8, 4) is 0 Å². The van der Waals surface area contributed by atoms with Crippen LogP contribution in [0.5, 0.6) is 0 Å². The zero-order valence-electron chi connectivity index (χ0n) is 13.4. The maximum Gasteiger partial charge on any atom is 0.274 e. The lowest BCUT2D eigenvalue weighted by Gasteiger charge is -2.19. The topological polar surface area (TPSA) is 75.9 Å². The highest BCUT2D eigenvalue weighted by Crippen LogP contribution is 2.16. The van der Waals surface area contributed by atoms with Crippen LogP contribution < -0.4 is 10.2 Å². The van der Waals surface area contributed by atoms with Gasteiger partial charge in [-0.05, 0) is 25.8 Å². The first-order valence-electron chi connectivity index (χ1n) is 8.18. The van der Waals surface area contributed by atoms with Crippen LogP contribution in [0.15, 0.2) is 24.7 Å². The lowest BCUT2D eigenvalue weighted by molar-refractivity contribution is 0.101. The Morgan fingerprint density at radius 1 is 1.17 bits per heavy atom. The molecule has 1 N–H and O–H groups in total. The standard InChI is InChI=1S/C16H22N6O/c1-2-22-14(7-8-19-22)15(23)20-13-11-17-16(18-12-13)21-9-5-3-4-6-10-21/h7-8,11-12H,2-6,9-10H2,1H3,(H,20,23). The van der Waals surface area contributed by atoms with Crippen LogP contribution in [-0.4, -0.2) is 38.7 Å². The first kappa shape index (κ1) is 15.5. The molecule has 0 spiro atoms. The van der Waals surface area contributed by atoms with Crippen molar-refractivity contribution >= 4 is 17.5 Å². The SMILES string of the molecule is CCn1nccc1C(=O)Nc1cnc(N2CCCCCC2)nc1. The third-order valence-electron chi connectivity index (χ3n) is 4.03. The van der Waals surface area contributed by atoms with Gasteiger partial charge < -0.3 is 10.2 Å². The van der Waals surface area contributed by atoms with Crippen LogP contribution in [0, 0.1) is 0 Å². The van der Waals surface area contributed by atoms with Crippen LogP contribution in [0.1, 0.15) is 43.1 Å². The van der Waals surface area contributed by atoms with E-state index in [1.165, 1.54) is 25.7 Å². The number of aromatic nitrogens is 4. The number of rotatable bonds is 4. The van der Waals surface area contributed by atoms with Gasteiger partial charge in [-0.3, -0.25) is 9.48 Å². The maximum atomic E-state index is 12.2. The number of carbonyl (C=O) groups excluding carboxylic acids is 1. The molecule has 3 heterocycles. The molecule has 1 aliphatic heterocycles. The lowest BCUT2D eigenvalue weighted by Crippen LogP contribution is -2.26. The first-order chi connectivity index (χ1) is 11.3. The Morgan fingerprint density at radius 3 is 2.52 bits per heavy atom. The second kappa shape index (κ2) is 7.21. The maximum absolute atomic E-state index is 12.2. The monoisotopic (exact) mass is 314 g/mol. The van der Waals surface area contributed by atoms with Gasteiger partial charge in [-0.1, -0.05) is 12.8 Å². The molecule has 0 radical (unpaired) electrons. The predicted octanol–water partition coefficient (Wildman–Crippen LogP) is 2.33. The normalized spacial score (nSPS) is 15.3. The van der Waals surface area contributed by atoms with Gasteiger partial charge in [-0.15, -0.1) is 0 Å². The molecule has 3 rings (SSSR count). The molecule has 2 aromatic rings. The average molecular weight is 314 g/mol. The molecule has 1 amide bonds. The smallest absolute Gasteiger partial charge is 0.274 e. The van der Waals surface area contributed by atoms with E-state index in [0.717, 1.165) is 19.0 Å². The van der Waals surface area contributed by atoms with Crippen molar-refractivity contribution in [2.24, 2.45) is 0 Å². The predicted molar refractivity (Wildman–Crippen MR) is 88.6 cm³/mol. The molecule has 0 aromatic carbocycles. The molecule has 0 bridgehead atoms. The summed E-state index contributed by atoms with van der Waals surface area (Å²) in [5.41, 5.74) is 1.13. The van der Waals surface area contributed by atoms with Crippen LogP contribution in [0.3, 0.4) is 0 Å². The number of hydrogen-bond donors (Lipinski definition) is 1. The van der Waals surface area contributed by atoms with Gasteiger partial charge in [0.15, 0.2) is 0 Å². The number of carbonyl (C=O) groups is 1. The average Bonchev–Trinajstić information content (AvgIpc) is 2.90. The highest BCUT2D eigenvalue weighted by Gasteiger charge is 2.14. The zero-order valence-corrected chi connectivity index (χ0v) is 13.4. The fourth-order valence-electron chi connectivity index (χ4n) is 2.79. The number of nitrogens with zero attached hydrogens (tertiary/aromatic N) is 5. The summed E-state index contributed by atoms with van der Waals surface area (Å²) in [6.07, 6.45) is 9.87. The van der Waals surface area contributed by atoms with Gasteiger partial charge in [0.25, 0.3) is 5.91 Å². The Bertz CT molecular complexity index is 643. The summed E-state index contributed by atoms with van der Waals surface area (Å²) in [5, 5.41) is 6.92. The van der Waals surface area contributed by atoms with Crippen molar-refractivity contribution in [1.82, 2.24) is 19.7 Å². The zero-order chi connectivity index (χ0) is 16.1. The summed E-state index contributed by atoms with van der Waals surface area (Å²) in [4.78, 5) is 23.3. The minimum absolute atomic E-state index is 0.199. The molecule has 1 aliphatic rings. The van der Waals surface area contributed by atoms with E-state index in [0.29, 0.717) is 17.9 Å². The summed E-state index contributed by atoms with van der Waals surface area (Å²) in [6, 6.07) is 1.70. The third-order valence-corrected chi connectivity index (χ3v) is 4.03. The fraction of sp³-hybridized carbons (Fsp3) is 0.500. The number of amides is 1. The quantitative estimate of drug-likeness (QED) is 0.937. The summed E-state index contributed by atoms with van der Waals surface area (Å²) in [7, 11) is 0. The van der Waals surface area contributed by atoms with Gasteiger partial charge in [-0.25, -0.2) is 9.97 Å². The number of hydrogen-bond acceptors (Lipinski definition) is 5. The van der Waals surface area contributed by atoms with E-state index in [2.05, 4.69) is 25.3 Å². The molecule has 7 heteroatoms. The van der Waals surface area contributed by atoms with Crippen molar-refractivity contribution < 1.29 is 4.79 Å². The Kier molecular flexibility index (Phi) is 4.85. The molecule has 23 heavy (non-hydrogen) atoms. The van der Waals surface area contributed by atoms with Crippen molar-refractivity contribution in [1.29, 1.82) is 0 Å². The van der Waals surface area contributed by atoms with Gasteiger partial charge in [0.05, 0.1) is 18.1 Å². The minimum Gasteiger partial charge on any atom is -0.341 e. The van der Waals surface area contributed by atoms with Gasteiger partial charge in [0.2, 0.25) is 5.95 Å². The minimum atomic E-state index is -0.199. The molecule has 2 aromatic heterocycles. The molecule has 122 valence electrons. The molecule has 0 saturated carbocycles. The van der Waals surface area contributed by atoms with E-state index >= 15 is 0 Å². The summed E-state index contributed by atoms with van der Waals surface area (Å²) in [5.74, 6) is 0.541. The second-order valence-electron chi connectivity index (χ2n) is 5.66. The van der Waals surface area contributed by atoms with Crippen LogP contribution in [0.2, 0.25) is 0 Å². The van der Waals surface area contributed by atoms with E-state index in [1.54, 1.807) is 29.3 Å². The van der Waals surface area contributed by atoms with Crippen molar-refractivity contribution in [3.05, 3.63) is 30.4 Å². The number of nitrogens with one attached hydrogen (secondary N) is 1. The molecule has 1 saturated heterocycles. The van der Waals surface area contributed by atoms with Crippen molar-refractivity contribution in [2.75, 3.05) is 23.3 Å². The summed E-state index contributed by atoms with van der Waals surface area (Å²) >= 11 is 0.